The smallest absolute Gasteiger partial charge is 0.241 e. The normalized spacial score (nSPS) is 21.9. The SMILES string of the molecule is COc1ccc(C2CC(C(=O)N3CCN(c4ccccc4)CC3)NN2)cc1S(N)(=O)=O. The Balaban J connectivity index is 1.39. The van der Waals surface area contributed by atoms with E-state index in [1.807, 2.05) is 23.1 Å². The van der Waals surface area contributed by atoms with Crippen LogP contribution >= 0.6 is 0 Å². The molecule has 1 amide bonds. The summed E-state index contributed by atoms with van der Waals surface area (Å²) in [6.07, 6.45) is 0.508. The maximum atomic E-state index is 13.0. The highest BCUT2D eigenvalue weighted by Crippen LogP contribution is 2.30. The van der Waals surface area contributed by atoms with E-state index in [0.717, 1.165) is 18.7 Å². The lowest BCUT2D eigenvalue weighted by Crippen LogP contribution is -2.53. The predicted octanol–water partition coefficient (Wildman–Crippen LogP) is 0.599. The van der Waals surface area contributed by atoms with Crippen LogP contribution in [-0.2, 0) is 14.8 Å². The van der Waals surface area contributed by atoms with Crippen LogP contribution in [0.5, 0.6) is 5.75 Å². The quantitative estimate of drug-likeness (QED) is 0.617. The number of nitrogens with one attached hydrogen (secondary N) is 2. The number of para-hydroxylation sites is 1. The summed E-state index contributed by atoms with van der Waals surface area (Å²) in [6, 6.07) is 14.4. The number of primary sulfonamides is 1. The Kier molecular flexibility index (Phi) is 6.15. The molecule has 9 nitrogen and oxygen atoms in total. The van der Waals surface area contributed by atoms with E-state index < -0.39 is 10.0 Å². The highest BCUT2D eigenvalue weighted by molar-refractivity contribution is 7.89. The van der Waals surface area contributed by atoms with E-state index in [2.05, 4.69) is 27.9 Å². The summed E-state index contributed by atoms with van der Waals surface area (Å²) in [5.41, 5.74) is 8.07. The van der Waals surface area contributed by atoms with Gasteiger partial charge in [0.2, 0.25) is 15.9 Å². The third-order valence-corrected chi connectivity index (χ3v) is 6.74. The predicted molar refractivity (Wildman–Crippen MR) is 117 cm³/mol. The standard InChI is InChI=1S/C21H27N5O4S/c1-30-19-8-7-15(13-20(19)31(22,28)29)17-14-18(24-23-17)21(27)26-11-9-25(10-12-26)16-5-3-2-4-6-16/h2-8,13,17-18,23-24H,9-12,14H2,1H3,(H2,22,28,29). The number of nitrogens with zero attached hydrogens (tertiary/aromatic N) is 2. The number of carbonyl (C=O) groups excluding carboxylic acids is 1. The molecule has 2 heterocycles. The van der Waals surface area contributed by atoms with E-state index in [1.54, 1.807) is 12.1 Å². The van der Waals surface area contributed by atoms with Crippen molar-refractivity contribution in [3.8, 4) is 5.75 Å². The molecule has 0 spiro atoms. The first-order valence-corrected chi connectivity index (χ1v) is 11.7. The van der Waals surface area contributed by atoms with Crippen molar-refractivity contribution in [2.45, 2.75) is 23.4 Å². The number of sulfonamides is 1. The molecule has 2 saturated heterocycles. The van der Waals surface area contributed by atoms with Crippen LogP contribution in [0.15, 0.2) is 53.4 Å². The van der Waals surface area contributed by atoms with Gasteiger partial charge >= 0.3 is 0 Å². The Labute approximate surface area is 182 Å². The lowest BCUT2D eigenvalue weighted by molar-refractivity contribution is -0.133. The van der Waals surface area contributed by atoms with Crippen molar-refractivity contribution in [1.29, 1.82) is 0 Å². The number of methoxy groups -OCH3 is 1. The fourth-order valence-corrected chi connectivity index (χ4v) is 4.85. The average Bonchev–Trinajstić information content (AvgIpc) is 3.28. The van der Waals surface area contributed by atoms with Gasteiger partial charge in [-0.1, -0.05) is 24.3 Å². The van der Waals surface area contributed by atoms with Gasteiger partial charge in [-0.2, -0.15) is 0 Å². The molecule has 166 valence electrons. The molecule has 2 aromatic carbocycles. The third kappa shape index (κ3) is 4.67. The van der Waals surface area contributed by atoms with E-state index in [-0.39, 0.29) is 28.6 Å². The van der Waals surface area contributed by atoms with E-state index in [4.69, 9.17) is 9.88 Å². The molecule has 2 fully saturated rings. The van der Waals surface area contributed by atoms with Gasteiger partial charge in [-0.25, -0.2) is 24.4 Å². The number of carbonyl (C=O) groups is 1. The number of hydrogen-bond donors (Lipinski definition) is 3. The Bertz CT molecular complexity index is 1040. The number of ether oxygens (including phenoxy) is 1. The van der Waals surface area contributed by atoms with Crippen LogP contribution in [0.1, 0.15) is 18.0 Å². The Morgan fingerprint density at radius 2 is 1.77 bits per heavy atom. The number of hydrogen-bond acceptors (Lipinski definition) is 7. The summed E-state index contributed by atoms with van der Waals surface area (Å²) < 4.78 is 28.9. The van der Waals surface area contributed by atoms with Gasteiger partial charge in [0.1, 0.15) is 16.7 Å². The van der Waals surface area contributed by atoms with Crippen molar-refractivity contribution >= 4 is 21.6 Å². The van der Waals surface area contributed by atoms with E-state index in [9.17, 15) is 13.2 Å². The maximum Gasteiger partial charge on any atom is 0.241 e. The lowest BCUT2D eigenvalue weighted by Gasteiger charge is -2.37. The monoisotopic (exact) mass is 445 g/mol. The van der Waals surface area contributed by atoms with Gasteiger partial charge in [-0.15, -0.1) is 0 Å². The molecule has 0 aromatic heterocycles. The Hall–Kier alpha value is -2.66. The second kappa shape index (κ2) is 8.83. The van der Waals surface area contributed by atoms with Gasteiger partial charge in [0.05, 0.1) is 7.11 Å². The topological polar surface area (TPSA) is 117 Å². The highest BCUT2D eigenvalue weighted by Gasteiger charge is 2.34. The second-order valence-corrected chi connectivity index (χ2v) is 9.26. The number of benzene rings is 2. The first-order chi connectivity index (χ1) is 14.9. The van der Waals surface area contributed by atoms with Crippen molar-refractivity contribution in [3.05, 3.63) is 54.1 Å². The first kappa shape index (κ1) is 21.6. The van der Waals surface area contributed by atoms with Gasteiger partial charge < -0.3 is 14.5 Å². The summed E-state index contributed by atoms with van der Waals surface area (Å²) in [4.78, 5) is 17.1. The molecule has 2 aromatic rings. The van der Waals surface area contributed by atoms with E-state index in [1.165, 1.54) is 18.9 Å². The first-order valence-electron chi connectivity index (χ1n) is 10.2. The fourth-order valence-electron chi connectivity index (χ4n) is 4.11. The van der Waals surface area contributed by atoms with Crippen LogP contribution in [-0.4, -0.2) is 58.6 Å². The van der Waals surface area contributed by atoms with Crippen LogP contribution in [0, 0.1) is 0 Å². The Morgan fingerprint density at radius 3 is 2.42 bits per heavy atom. The van der Waals surface area contributed by atoms with Gasteiger partial charge in [0.25, 0.3) is 0 Å². The van der Waals surface area contributed by atoms with Gasteiger partial charge in [-0.05, 0) is 36.2 Å². The number of anilines is 1. The summed E-state index contributed by atoms with van der Waals surface area (Å²) >= 11 is 0. The second-order valence-electron chi connectivity index (χ2n) is 7.73. The molecule has 10 heteroatoms. The van der Waals surface area contributed by atoms with Crippen LogP contribution in [0.25, 0.3) is 0 Å². The van der Waals surface area contributed by atoms with Gasteiger partial charge in [-0.3, -0.25) is 4.79 Å². The number of hydrazine groups is 1. The highest BCUT2D eigenvalue weighted by atomic mass is 32.2. The minimum absolute atomic E-state index is 0.0443. The molecule has 2 unspecified atom stereocenters. The average molecular weight is 446 g/mol. The molecule has 31 heavy (non-hydrogen) atoms. The van der Waals surface area contributed by atoms with Crippen molar-refractivity contribution in [2.24, 2.45) is 5.14 Å². The van der Waals surface area contributed by atoms with E-state index >= 15 is 0 Å². The molecule has 0 radical (unpaired) electrons. The zero-order chi connectivity index (χ0) is 22.0. The van der Waals surface area contributed by atoms with Crippen LogP contribution in [0.3, 0.4) is 0 Å². The molecule has 2 aliphatic rings. The summed E-state index contributed by atoms with van der Waals surface area (Å²) in [5.74, 6) is 0.240. The van der Waals surface area contributed by atoms with Crippen LogP contribution in [0.2, 0.25) is 0 Å². The van der Waals surface area contributed by atoms with Crippen LogP contribution < -0.4 is 25.6 Å². The molecule has 0 saturated carbocycles. The summed E-state index contributed by atoms with van der Waals surface area (Å²) in [5, 5.41) is 5.32. The molecule has 0 aliphatic carbocycles. The fraction of sp³-hybridized carbons (Fsp3) is 0.381. The maximum absolute atomic E-state index is 13.0. The molecular weight excluding hydrogens is 418 g/mol. The summed E-state index contributed by atoms with van der Waals surface area (Å²) in [7, 11) is -2.53. The molecule has 2 aliphatic heterocycles. The van der Waals surface area contributed by atoms with Gasteiger partial charge in [0, 0.05) is 37.9 Å². The minimum atomic E-state index is -3.93. The zero-order valence-corrected chi connectivity index (χ0v) is 18.1. The minimum Gasteiger partial charge on any atom is -0.495 e. The number of rotatable bonds is 5. The zero-order valence-electron chi connectivity index (χ0n) is 17.3. The number of piperazine rings is 1. The number of nitrogens with two attached hydrogens (primary N) is 1. The molecule has 4 N–H and O–H groups in total. The van der Waals surface area contributed by atoms with Crippen molar-refractivity contribution < 1.29 is 17.9 Å². The molecular formula is C21H27N5O4S. The molecule has 0 bridgehead atoms. The molecule has 2 atom stereocenters. The van der Waals surface area contributed by atoms with Crippen LogP contribution in [0.4, 0.5) is 5.69 Å². The number of amides is 1. The Morgan fingerprint density at radius 1 is 1.06 bits per heavy atom. The third-order valence-electron chi connectivity index (χ3n) is 5.81. The molecule has 4 rings (SSSR count). The van der Waals surface area contributed by atoms with E-state index in [0.29, 0.717) is 19.5 Å². The van der Waals surface area contributed by atoms with Gasteiger partial charge in [0.15, 0.2) is 0 Å². The largest absolute Gasteiger partial charge is 0.495 e. The van der Waals surface area contributed by atoms with Crippen molar-refractivity contribution in [1.82, 2.24) is 15.8 Å². The van der Waals surface area contributed by atoms with Crippen molar-refractivity contribution in [3.63, 3.8) is 0 Å². The summed E-state index contributed by atoms with van der Waals surface area (Å²) in [6.45, 7) is 2.90. The van der Waals surface area contributed by atoms with Crippen molar-refractivity contribution in [2.75, 3.05) is 38.2 Å². The lowest BCUT2D eigenvalue weighted by atomic mass is 10.0.